The summed E-state index contributed by atoms with van der Waals surface area (Å²) in [6.45, 7) is 0. The summed E-state index contributed by atoms with van der Waals surface area (Å²) in [5.41, 5.74) is 2.73. The molecule has 0 unspecified atom stereocenters. The second kappa shape index (κ2) is 5.02. The average molecular weight is 320 g/mol. The lowest BCUT2D eigenvalue weighted by atomic mass is 9.59. The molecule has 124 valence electrons. The van der Waals surface area contributed by atoms with Gasteiger partial charge in [0.05, 0.1) is 0 Å². The molecule has 2 aromatic carbocycles. The topological polar surface area (TPSA) is 40.5 Å². The van der Waals surface area contributed by atoms with E-state index in [0.717, 1.165) is 17.8 Å². The van der Waals surface area contributed by atoms with Gasteiger partial charge in [0.15, 0.2) is 0 Å². The maximum atomic E-state index is 9.74. The lowest BCUT2D eigenvalue weighted by molar-refractivity contribution is 0.181. The zero-order valence-electron chi connectivity index (χ0n) is 13.9. The van der Waals surface area contributed by atoms with Gasteiger partial charge in [0, 0.05) is 5.41 Å². The maximum Gasteiger partial charge on any atom is 0.115 e. The number of phenolic OH excluding ortho intramolecular Hbond substituents is 2. The Labute approximate surface area is 143 Å². The van der Waals surface area contributed by atoms with Gasteiger partial charge in [-0.05, 0) is 84.7 Å². The van der Waals surface area contributed by atoms with Crippen molar-refractivity contribution in [1.82, 2.24) is 0 Å². The van der Waals surface area contributed by atoms with Gasteiger partial charge in [-0.15, -0.1) is 0 Å². The van der Waals surface area contributed by atoms with Crippen molar-refractivity contribution in [2.24, 2.45) is 23.7 Å². The van der Waals surface area contributed by atoms with Gasteiger partial charge in [0.25, 0.3) is 0 Å². The highest BCUT2D eigenvalue weighted by Crippen LogP contribution is 2.68. The van der Waals surface area contributed by atoms with Crippen LogP contribution in [0.3, 0.4) is 0 Å². The van der Waals surface area contributed by atoms with Crippen molar-refractivity contribution in [3.63, 3.8) is 0 Å². The van der Waals surface area contributed by atoms with Crippen LogP contribution in [0.5, 0.6) is 11.5 Å². The fourth-order valence-electron chi connectivity index (χ4n) is 6.49. The van der Waals surface area contributed by atoms with Crippen LogP contribution in [0.4, 0.5) is 0 Å². The Bertz CT molecular complexity index is 701. The zero-order chi connectivity index (χ0) is 16.3. The molecule has 3 aliphatic rings. The largest absolute Gasteiger partial charge is 0.508 e. The Morgan fingerprint density at radius 1 is 0.750 bits per heavy atom. The van der Waals surface area contributed by atoms with Crippen LogP contribution in [0.15, 0.2) is 48.5 Å². The first-order valence-electron chi connectivity index (χ1n) is 9.27. The van der Waals surface area contributed by atoms with Gasteiger partial charge in [-0.2, -0.15) is 0 Å². The van der Waals surface area contributed by atoms with Crippen molar-refractivity contribution in [1.29, 1.82) is 0 Å². The third-order valence-corrected chi connectivity index (χ3v) is 7.29. The molecule has 0 aliphatic heterocycles. The highest BCUT2D eigenvalue weighted by atomic mass is 16.3. The van der Waals surface area contributed by atoms with Crippen LogP contribution < -0.4 is 0 Å². The Kier molecular flexibility index (Phi) is 3.01. The summed E-state index contributed by atoms with van der Waals surface area (Å²) in [5, 5.41) is 19.5. The van der Waals surface area contributed by atoms with E-state index < -0.39 is 0 Å². The van der Waals surface area contributed by atoms with E-state index in [1.165, 1.54) is 43.2 Å². The van der Waals surface area contributed by atoms with Gasteiger partial charge in [-0.25, -0.2) is 0 Å². The molecule has 3 saturated carbocycles. The SMILES string of the molecule is Oc1ccc(C2(c3ccc(O)cc3)C[C@H]3C[C@@H]2[C@H]2CCC[C@H]32)cc1. The molecule has 0 spiro atoms. The molecule has 2 aromatic rings. The number of benzene rings is 2. The normalized spacial score (nSPS) is 32.8. The molecule has 4 atom stereocenters. The molecule has 2 nitrogen and oxygen atoms in total. The van der Waals surface area contributed by atoms with Crippen molar-refractivity contribution < 1.29 is 10.2 Å². The number of rotatable bonds is 2. The number of fused-ring (bicyclic) bond motifs is 5. The number of phenols is 2. The van der Waals surface area contributed by atoms with Crippen molar-refractivity contribution >= 4 is 0 Å². The van der Waals surface area contributed by atoms with Crippen molar-refractivity contribution in [3.8, 4) is 11.5 Å². The third kappa shape index (κ3) is 1.83. The molecule has 0 aromatic heterocycles. The fraction of sp³-hybridized carbons (Fsp3) is 0.455. The lowest BCUT2D eigenvalue weighted by Crippen LogP contribution is -2.40. The van der Waals surface area contributed by atoms with Gasteiger partial charge in [0.2, 0.25) is 0 Å². The van der Waals surface area contributed by atoms with Gasteiger partial charge in [0.1, 0.15) is 11.5 Å². The Morgan fingerprint density at radius 3 is 1.88 bits per heavy atom. The highest BCUT2D eigenvalue weighted by Gasteiger charge is 2.61. The van der Waals surface area contributed by atoms with Crippen LogP contribution in [0, 0.1) is 23.7 Å². The van der Waals surface area contributed by atoms with Crippen LogP contribution in [0.25, 0.3) is 0 Å². The molecule has 24 heavy (non-hydrogen) atoms. The second-order valence-electron chi connectivity index (χ2n) is 8.13. The summed E-state index contributed by atoms with van der Waals surface area (Å²) >= 11 is 0. The smallest absolute Gasteiger partial charge is 0.115 e. The molecular weight excluding hydrogens is 296 g/mol. The average Bonchev–Trinajstić information content (AvgIpc) is 3.28. The minimum atomic E-state index is 0.0531. The third-order valence-electron chi connectivity index (χ3n) is 7.29. The van der Waals surface area contributed by atoms with Gasteiger partial charge >= 0.3 is 0 Å². The predicted molar refractivity (Wildman–Crippen MR) is 94.0 cm³/mol. The molecule has 2 N–H and O–H groups in total. The number of hydrogen-bond donors (Lipinski definition) is 2. The van der Waals surface area contributed by atoms with Crippen molar-refractivity contribution in [2.75, 3.05) is 0 Å². The van der Waals surface area contributed by atoms with Gasteiger partial charge in [-0.3, -0.25) is 0 Å². The van der Waals surface area contributed by atoms with Crippen molar-refractivity contribution in [3.05, 3.63) is 59.7 Å². The van der Waals surface area contributed by atoms with E-state index in [9.17, 15) is 10.2 Å². The molecule has 0 saturated heterocycles. The van der Waals surface area contributed by atoms with E-state index in [-0.39, 0.29) is 5.41 Å². The highest BCUT2D eigenvalue weighted by molar-refractivity contribution is 5.46. The molecule has 2 bridgehead atoms. The quantitative estimate of drug-likeness (QED) is 0.831. The fourth-order valence-corrected chi connectivity index (χ4v) is 6.49. The number of hydrogen-bond acceptors (Lipinski definition) is 2. The Morgan fingerprint density at radius 2 is 1.29 bits per heavy atom. The van der Waals surface area contributed by atoms with E-state index in [1.54, 1.807) is 0 Å². The second-order valence-corrected chi connectivity index (χ2v) is 8.13. The molecule has 2 heteroatoms. The predicted octanol–water partition coefficient (Wildman–Crippen LogP) is 4.84. The molecule has 3 fully saturated rings. The zero-order valence-corrected chi connectivity index (χ0v) is 13.9. The summed E-state index contributed by atoms with van der Waals surface area (Å²) in [7, 11) is 0. The van der Waals surface area contributed by atoms with Gasteiger partial charge < -0.3 is 10.2 Å². The summed E-state index contributed by atoms with van der Waals surface area (Å²) in [4.78, 5) is 0. The van der Waals surface area contributed by atoms with Crippen LogP contribution in [-0.2, 0) is 5.41 Å². The molecule has 0 heterocycles. The lowest BCUT2D eigenvalue weighted by Gasteiger charge is -2.44. The molecular formula is C22H24O2. The van der Waals surface area contributed by atoms with Crippen LogP contribution in [-0.4, -0.2) is 10.2 Å². The van der Waals surface area contributed by atoms with Gasteiger partial charge in [-0.1, -0.05) is 30.7 Å². The standard InChI is InChI=1S/C22H24O2/c23-17-8-4-15(5-9-17)22(16-6-10-18(24)11-7-16)13-14-12-21(22)20-3-1-2-19(14)20/h4-11,14,19-21,23-24H,1-3,12-13H2/t14-,19-,20+,21-/m1/s1. The summed E-state index contributed by atoms with van der Waals surface area (Å²) < 4.78 is 0. The van der Waals surface area contributed by atoms with Crippen molar-refractivity contribution in [2.45, 2.75) is 37.5 Å². The molecule has 3 aliphatic carbocycles. The van der Waals surface area contributed by atoms with E-state index in [1.807, 2.05) is 24.3 Å². The Balaban J connectivity index is 1.67. The molecule has 0 radical (unpaired) electrons. The minimum Gasteiger partial charge on any atom is -0.508 e. The summed E-state index contributed by atoms with van der Waals surface area (Å²) in [6.07, 6.45) is 6.76. The first-order valence-corrected chi connectivity index (χ1v) is 9.27. The maximum absolute atomic E-state index is 9.74. The summed E-state index contributed by atoms with van der Waals surface area (Å²) in [5.74, 6) is 4.00. The summed E-state index contributed by atoms with van der Waals surface area (Å²) in [6, 6.07) is 15.8. The first-order chi connectivity index (χ1) is 11.7. The van der Waals surface area contributed by atoms with Crippen LogP contribution >= 0.6 is 0 Å². The number of aromatic hydroxyl groups is 2. The molecule has 0 amide bonds. The van der Waals surface area contributed by atoms with E-state index in [4.69, 9.17) is 0 Å². The first kappa shape index (κ1) is 14.4. The van der Waals surface area contributed by atoms with E-state index >= 15 is 0 Å². The Hall–Kier alpha value is -1.96. The van der Waals surface area contributed by atoms with Crippen LogP contribution in [0.1, 0.15) is 43.2 Å². The minimum absolute atomic E-state index is 0.0531. The van der Waals surface area contributed by atoms with Crippen LogP contribution in [0.2, 0.25) is 0 Å². The molecule has 5 rings (SSSR count). The van der Waals surface area contributed by atoms with E-state index in [0.29, 0.717) is 17.4 Å². The monoisotopic (exact) mass is 320 g/mol. The van der Waals surface area contributed by atoms with E-state index in [2.05, 4.69) is 24.3 Å².